The number of amides is 2. The minimum Gasteiger partial charge on any atom is -0.339 e. The van der Waals surface area contributed by atoms with Gasteiger partial charge in [-0.1, -0.05) is 23.2 Å². The van der Waals surface area contributed by atoms with Crippen molar-refractivity contribution in [2.75, 3.05) is 20.1 Å². The third kappa shape index (κ3) is 3.39. The van der Waals surface area contributed by atoms with Gasteiger partial charge in [-0.2, -0.15) is 0 Å². The number of carbonyl (C=O) groups excluding carboxylic acids is 2. The van der Waals surface area contributed by atoms with Crippen LogP contribution in [0.25, 0.3) is 0 Å². The first-order valence-corrected chi connectivity index (χ1v) is 9.62. The summed E-state index contributed by atoms with van der Waals surface area (Å²) in [5.41, 5.74) is 1.13. The Morgan fingerprint density at radius 1 is 1.16 bits per heavy atom. The number of likely N-dealkylation sites (N-methyl/N-ethyl adjacent to an activating group) is 1. The van der Waals surface area contributed by atoms with Gasteiger partial charge in [-0.25, -0.2) is 0 Å². The molecular weight excluding hydrogens is 359 g/mol. The first-order chi connectivity index (χ1) is 11.8. The quantitative estimate of drug-likeness (QED) is 0.795. The average molecular weight is 381 g/mol. The van der Waals surface area contributed by atoms with E-state index in [4.69, 9.17) is 23.2 Å². The van der Waals surface area contributed by atoms with Crippen LogP contribution >= 0.6 is 23.2 Å². The molecule has 2 saturated carbocycles. The number of halogens is 2. The topological polar surface area (TPSA) is 40.6 Å². The van der Waals surface area contributed by atoms with Crippen LogP contribution < -0.4 is 0 Å². The average Bonchev–Trinajstić information content (AvgIpc) is 3.24. The fourth-order valence-corrected chi connectivity index (χ4v) is 4.74. The van der Waals surface area contributed by atoms with Crippen LogP contribution in [0.3, 0.4) is 0 Å². The lowest BCUT2D eigenvalue weighted by atomic mass is 9.70. The summed E-state index contributed by atoms with van der Waals surface area (Å²) in [6.07, 6.45) is 5.85. The molecule has 4 rings (SSSR count). The van der Waals surface area contributed by atoms with E-state index >= 15 is 0 Å². The summed E-state index contributed by atoms with van der Waals surface area (Å²) in [4.78, 5) is 28.5. The lowest BCUT2D eigenvalue weighted by Gasteiger charge is -2.45. The van der Waals surface area contributed by atoms with Gasteiger partial charge in [-0.3, -0.25) is 9.59 Å². The summed E-state index contributed by atoms with van der Waals surface area (Å²) in [6, 6.07) is 4.98. The molecule has 1 aromatic rings. The molecule has 1 aromatic carbocycles. The van der Waals surface area contributed by atoms with Gasteiger partial charge in [0.05, 0.1) is 6.04 Å². The number of nitrogens with zero attached hydrogens (tertiary/aromatic N) is 2. The van der Waals surface area contributed by atoms with Crippen molar-refractivity contribution in [2.24, 2.45) is 11.3 Å². The van der Waals surface area contributed by atoms with Crippen molar-refractivity contribution in [1.29, 1.82) is 0 Å². The second-order valence-electron chi connectivity index (χ2n) is 8.01. The Kier molecular flexibility index (Phi) is 4.24. The largest absolute Gasteiger partial charge is 0.339 e. The fraction of sp³-hybridized carbons (Fsp3) is 0.579. The normalized spacial score (nSPS) is 21.6. The molecule has 0 atom stereocenters. The highest BCUT2D eigenvalue weighted by Gasteiger charge is 2.53. The summed E-state index contributed by atoms with van der Waals surface area (Å²) in [7, 11) is 1.86. The predicted molar refractivity (Wildman–Crippen MR) is 97.9 cm³/mol. The highest BCUT2D eigenvalue weighted by atomic mass is 35.5. The Balaban J connectivity index is 1.27. The van der Waals surface area contributed by atoms with E-state index in [-0.39, 0.29) is 17.9 Å². The van der Waals surface area contributed by atoms with Crippen LogP contribution in [0.2, 0.25) is 10.0 Å². The standard InChI is InChI=1S/C19H22Cl2N2O2/c1-22(17(24)4-12-8-19(9-12)2-3-19)16-10-23(11-16)18(25)13-5-14(20)7-15(21)6-13/h5-7,12,16H,2-4,8-11H2,1H3. The third-order valence-electron chi connectivity index (χ3n) is 6.06. The number of benzene rings is 1. The van der Waals surface area contributed by atoms with Crippen LogP contribution in [-0.2, 0) is 4.79 Å². The molecule has 0 aromatic heterocycles. The molecule has 3 aliphatic rings. The molecule has 6 heteroatoms. The zero-order valence-corrected chi connectivity index (χ0v) is 15.8. The van der Waals surface area contributed by atoms with Crippen molar-refractivity contribution in [2.45, 2.75) is 38.1 Å². The number of likely N-dealkylation sites (tertiary alicyclic amines) is 1. The van der Waals surface area contributed by atoms with Gasteiger partial charge in [0, 0.05) is 42.2 Å². The summed E-state index contributed by atoms with van der Waals surface area (Å²) in [6.45, 7) is 1.14. The van der Waals surface area contributed by atoms with Crippen molar-refractivity contribution >= 4 is 35.0 Å². The van der Waals surface area contributed by atoms with Gasteiger partial charge in [0.1, 0.15) is 0 Å². The van der Waals surface area contributed by atoms with Crippen molar-refractivity contribution in [3.8, 4) is 0 Å². The van der Waals surface area contributed by atoms with Crippen molar-refractivity contribution in [3.05, 3.63) is 33.8 Å². The molecule has 134 valence electrons. The van der Waals surface area contributed by atoms with Gasteiger partial charge in [-0.15, -0.1) is 0 Å². The van der Waals surface area contributed by atoms with E-state index in [0.29, 0.717) is 46.5 Å². The molecule has 0 bridgehead atoms. The maximum Gasteiger partial charge on any atom is 0.254 e. The van der Waals surface area contributed by atoms with E-state index in [1.165, 1.54) is 25.7 Å². The smallest absolute Gasteiger partial charge is 0.254 e. The van der Waals surface area contributed by atoms with E-state index < -0.39 is 0 Å². The van der Waals surface area contributed by atoms with Gasteiger partial charge < -0.3 is 9.80 Å². The van der Waals surface area contributed by atoms with Gasteiger partial charge in [0.15, 0.2) is 0 Å². The molecule has 1 saturated heterocycles. The summed E-state index contributed by atoms with van der Waals surface area (Å²) in [5.74, 6) is 0.698. The van der Waals surface area contributed by atoms with Crippen LogP contribution in [0.15, 0.2) is 18.2 Å². The Bertz CT molecular complexity index is 698. The molecule has 25 heavy (non-hydrogen) atoms. The second kappa shape index (κ2) is 6.17. The maximum atomic E-state index is 12.5. The summed E-state index contributed by atoms with van der Waals surface area (Å²) < 4.78 is 0. The van der Waals surface area contributed by atoms with Gasteiger partial charge in [0.25, 0.3) is 5.91 Å². The summed E-state index contributed by atoms with van der Waals surface area (Å²) in [5, 5.41) is 0.906. The SMILES string of the molecule is CN(C(=O)CC1CC2(CC2)C1)C1CN(C(=O)c2cc(Cl)cc(Cl)c2)C1. The van der Waals surface area contributed by atoms with Gasteiger partial charge >= 0.3 is 0 Å². The molecule has 0 unspecified atom stereocenters. The van der Waals surface area contributed by atoms with E-state index in [1.807, 2.05) is 11.9 Å². The Morgan fingerprint density at radius 3 is 2.32 bits per heavy atom. The van der Waals surface area contributed by atoms with E-state index in [1.54, 1.807) is 23.1 Å². The lowest BCUT2D eigenvalue weighted by molar-refractivity contribution is -0.136. The second-order valence-corrected chi connectivity index (χ2v) is 8.88. The molecule has 2 aliphatic carbocycles. The molecule has 0 N–H and O–H groups in total. The highest BCUT2D eigenvalue weighted by molar-refractivity contribution is 6.35. The number of carbonyl (C=O) groups is 2. The number of hydrogen-bond acceptors (Lipinski definition) is 2. The molecule has 3 fully saturated rings. The molecule has 0 radical (unpaired) electrons. The van der Waals surface area contributed by atoms with E-state index in [2.05, 4.69) is 0 Å². The van der Waals surface area contributed by atoms with Crippen molar-refractivity contribution < 1.29 is 9.59 Å². The molecule has 4 nitrogen and oxygen atoms in total. The monoisotopic (exact) mass is 380 g/mol. The fourth-order valence-electron chi connectivity index (χ4n) is 4.21. The van der Waals surface area contributed by atoms with Crippen LogP contribution in [0.1, 0.15) is 42.5 Å². The molecule has 2 amide bonds. The van der Waals surface area contributed by atoms with Crippen LogP contribution in [-0.4, -0.2) is 47.8 Å². The highest BCUT2D eigenvalue weighted by Crippen LogP contribution is 2.64. The molecule has 1 heterocycles. The third-order valence-corrected chi connectivity index (χ3v) is 6.50. The first kappa shape index (κ1) is 17.2. The predicted octanol–water partition coefficient (Wildman–Crippen LogP) is 3.86. The molecule has 1 aliphatic heterocycles. The minimum atomic E-state index is -0.0869. The van der Waals surface area contributed by atoms with Crippen LogP contribution in [0.5, 0.6) is 0 Å². The van der Waals surface area contributed by atoms with Crippen LogP contribution in [0.4, 0.5) is 0 Å². The number of hydrogen-bond donors (Lipinski definition) is 0. The Hall–Kier alpha value is -1.26. The zero-order chi connectivity index (χ0) is 17.8. The minimum absolute atomic E-state index is 0.0869. The zero-order valence-electron chi connectivity index (χ0n) is 14.3. The molecule has 1 spiro atoms. The maximum absolute atomic E-state index is 12.5. The lowest BCUT2D eigenvalue weighted by Crippen LogP contribution is -2.61. The van der Waals surface area contributed by atoms with E-state index in [0.717, 1.165) is 0 Å². The number of rotatable bonds is 4. The van der Waals surface area contributed by atoms with Crippen molar-refractivity contribution in [1.82, 2.24) is 9.80 Å². The van der Waals surface area contributed by atoms with Crippen LogP contribution in [0, 0.1) is 11.3 Å². The Labute approximate surface area is 158 Å². The Morgan fingerprint density at radius 2 is 1.76 bits per heavy atom. The van der Waals surface area contributed by atoms with E-state index in [9.17, 15) is 9.59 Å². The molecular formula is C19H22Cl2N2O2. The van der Waals surface area contributed by atoms with Gasteiger partial charge in [-0.05, 0) is 55.2 Å². The first-order valence-electron chi connectivity index (χ1n) is 8.86. The summed E-state index contributed by atoms with van der Waals surface area (Å²) >= 11 is 11.9. The van der Waals surface area contributed by atoms with Crippen molar-refractivity contribution in [3.63, 3.8) is 0 Å². The van der Waals surface area contributed by atoms with Gasteiger partial charge in [0.2, 0.25) is 5.91 Å².